The van der Waals surface area contributed by atoms with Crippen molar-refractivity contribution in [3.8, 4) is 11.5 Å². The Morgan fingerprint density at radius 3 is 2.51 bits per heavy atom. The fourth-order valence-corrected chi connectivity index (χ4v) is 5.69. The Bertz CT molecular complexity index is 1140. The van der Waals surface area contributed by atoms with Crippen molar-refractivity contribution in [2.45, 2.75) is 31.8 Å². The molecule has 2 amide bonds. The topological polar surface area (TPSA) is 105 Å². The van der Waals surface area contributed by atoms with Crippen molar-refractivity contribution >= 4 is 35.2 Å². The first-order chi connectivity index (χ1) is 16.8. The molecule has 2 aliphatic rings. The highest BCUT2D eigenvalue weighted by Gasteiger charge is 2.68. The fourth-order valence-electron chi connectivity index (χ4n) is 5.17. The molecule has 2 heterocycles. The van der Waals surface area contributed by atoms with Gasteiger partial charge >= 0.3 is 5.97 Å². The lowest BCUT2D eigenvalue weighted by molar-refractivity contribution is -0.154. The van der Waals surface area contributed by atoms with Crippen molar-refractivity contribution in [2.24, 2.45) is 11.8 Å². The smallest absolute Gasteiger partial charge is 0.327 e. The van der Waals surface area contributed by atoms with Crippen LogP contribution in [0.1, 0.15) is 30.5 Å². The van der Waals surface area contributed by atoms with Crippen LogP contribution in [0, 0.1) is 18.8 Å². The van der Waals surface area contributed by atoms with Gasteiger partial charge in [-0.2, -0.15) is 11.8 Å². The molecule has 0 radical (unpaired) electrons. The summed E-state index contributed by atoms with van der Waals surface area (Å²) in [5.74, 6) is -2.30. The Labute approximate surface area is 209 Å². The molecule has 35 heavy (non-hydrogen) atoms. The number of nitrogens with zero attached hydrogens (tertiary/aromatic N) is 1. The van der Waals surface area contributed by atoms with E-state index in [-0.39, 0.29) is 24.0 Å². The number of imide groups is 1. The van der Waals surface area contributed by atoms with Gasteiger partial charge in [0.25, 0.3) is 0 Å². The second-order valence-corrected chi connectivity index (χ2v) is 9.82. The van der Waals surface area contributed by atoms with Crippen LogP contribution in [0.25, 0.3) is 0 Å². The minimum atomic E-state index is -1.37. The summed E-state index contributed by atoms with van der Waals surface area (Å²) in [5, 5.41) is 13.5. The Morgan fingerprint density at radius 1 is 1.17 bits per heavy atom. The number of carbonyl (C=O) groups excluding carboxylic acids is 3. The number of aromatic hydroxyl groups is 1. The molecule has 4 rings (SSSR count). The fraction of sp³-hybridized carbons (Fsp3) is 0.423. The lowest BCUT2D eigenvalue weighted by Crippen LogP contribution is -2.57. The van der Waals surface area contributed by atoms with Crippen molar-refractivity contribution in [1.82, 2.24) is 5.32 Å². The first kappa shape index (κ1) is 25.1. The zero-order valence-electron chi connectivity index (χ0n) is 20.2. The number of nitrogens with one attached hydrogen (secondary N) is 1. The maximum Gasteiger partial charge on any atom is 0.327 e. The van der Waals surface area contributed by atoms with Crippen molar-refractivity contribution < 1.29 is 29.0 Å². The third kappa shape index (κ3) is 4.16. The van der Waals surface area contributed by atoms with Crippen LogP contribution in [0.5, 0.6) is 11.5 Å². The van der Waals surface area contributed by atoms with Gasteiger partial charge in [0, 0.05) is 6.04 Å². The monoisotopic (exact) mass is 498 g/mol. The minimum absolute atomic E-state index is 0.0417. The number of thioether (sulfide) groups is 1. The predicted molar refractivity (Wildman–Crippen MR) is 134 cm³/mol. The van der Waals surface area contributed by atoms with Crippen LogP contribution in [0.3, 0.4) is 0 Å². The normalized spacial score (nSPS) is 25.6. The molecule has 2 N–H and O–H groups in total. The van der Waals surface area contributed by atoms with Gasteiger partial charge in [-0.05, 0) is 62.1 Å². The van der Waals surface area contributed by atoms with E-state index in [0.29, 0.717) is 23.4 Å². The molecule has 186 valence electrons. The quantitative estimate of drug-likeness (QED) is 0.422. The van der Waals surface area contributed by atoms with Crippen LogP contribution in [0.15, 0.2) is 42.5 Å². The van der Waals surface area contributed by atoms with E-state index in [1.54, 1.807) is 43.0 Å². The molecule has 2 fully saturated rings. The zero-order valence-corrected chi connectivity index (χ0v) is 21.1. The van der Waals surface area contributed by atoms with Gasteiger partial charge in [0.2, 0.25) is 11.8 Å². The number of phenols is 1. The second-order valence-electron chi connectivity index (χ2n) is 8.84. The number of ether oxygens (including phenoxy) is 2. The van der Waals surface area contributed by atoms with Crippen LogP contribution >= 0.6 is 11.8 Å². The Hall–Kier alpha value is -3.04. The van der Waals surface area contributed by atoms with E-state index in [1.807, 2.05) is 25.3 Å². The molecule has 0 aliphatic carbocycles. The predicted octanol–water partition coefficient (Wildman–Crippen LogP) is 3.21. The summed E-state index contributed by atoms with van der Waals surface area (Å²) in [4.78, 5) is 42.4. The highest BCUT2D eigenvalue weighted by molar-refractivity contribution is 7.98. The summed E-state index contributed by atoms with van der Waals surface area (Å²) in [5.41, 5.74) is 0.747. The van der Waals surface area contributed by atoms with Crippen molar-refractivity contribution in [3.05, 3.63) is 53.6 Å². The Kier molecular flexibility index (Phi) is 7.10. The second kappa shape index (κ2) is 9.91. The number of aryl methyl sites for hydroxylation is 1. The molecular formula is C26H30N2O6S. The highest BCUT2D eigenvalue weighted by Crippen LogP contribution is 2.52. The molecular weight excluding hydrogens is 468 g/mol. The van der Waals surface area contributed by atoms with Gasteiger partial charge in [-0.3, -0.25) is 19.7 Å². The van der Waals surface area contributed by atoms with Crippen LogP contribution < -0.4 is 15.0 Å². The van der Waals surface area contributed by atoms with Crippen LogP contribution in [-0.4, -0.2) is 54.2 Å². The maximum absolute atomic E-state index is 13.9. The molecule has 2 aliphatic heterocycles. The summed E-state index contributed by atoms with van der Waals surface area (Å²) in [7, 11) is 1.44. The summed E-state index contributed by atoms with van der Waals surface area (Å²) in [6, 6.07) is 11.3. The highest BCUT2D eigenvalue weighted by atomic mass is 32.2. The van der Waals surface area contributed by atoms with E-state index in [2.05, 4.69) is 5.32 Å². The van der Waals surface area contributed by atoms with Gasteiger partial charge in [-0.25, -0.2) is 4.90 Å². The number of rotatable bonds is 8. The first-order valence-electron chi connectivity index (χ1n) is 11.5. The minimum Gasteiger partial charge on any atom is -0.504 e. The van der Waals surface area contributed by atoms with Gasteiger partial charge in [-0.1, -0.05) is 23.8 Å². The van der Waals surface area contributed by atoms with Crippen molar-refractivity contribution in [2.75, 3.05) is 30.6 Å². The largest absolute Gasteiger partial charge is 0.504 e. The molecule has 8 nitrogen and oxygen atoms in total. The van der Waals surface area contributed by atoms with Crippen LogP contribution in [-0.2, 0) is 19.1 Å². The molecule has 0 spiro atoms. The van der Waals surface area contributed by atoms with E-state index in [1.165, 1.54) is 18.1 Å². The van der Waals surface area contributed by atoms with E-state index < -0.39 is 35.3 Å². The number of amides is 2. The van der Waals surface area contributed by atoms with Crippen LogP contribution in [0.4, 0.5) is 5.69 Å². The van der Waals surface area contributed by atoms with Gasteiger partial charge in [0.15, 0.2) is 11.5 Å². The number of esters is 1. The number of anilines is 1. The lowest BCUT2D eigenvalue weighted by Gasteiger charge is -2.33. The molecule has 0 aromatic heterocycles. The van der Waals surface area contributed by atoms with Gasteiger partial charge in [0.05, 0.1) is 31.2 Å². The standard InChI is InChI=1S/C26H30N2O6S/c1-5-34-25(32)26(12-13-35-4)21-20(22(27-26)16-8-11-18(29)19(14-16)33-3)23(30)28(24(21)31)17-9-6-15(2)7-10-17/h6-11,14,20-22,27,29H,5,12-13H2,1-4H3/t20-,21-,22-,26-/m1/s1. The Balaban J connectivity index is 1.87. The number of benzene rings is 2. The lowest BCUT2D eigenvalue weighted by atomic mass is 9.78. The van der Waals surface area contributed by atoms with E-state index in [0.717, 1.165) is 5.56 Å². The number of phenolic OH excluding ortho intramolecular Hbond substituents is 1. The molecule has 4 atom stereocenters. The molecule has 9 heteroatoms. The summed E-state index contributed by atoms with van der Waals surface area (Å²) in [6.45, 7) is 3.80. The Morgan fingerprint density at radius 2 is 1.89 bits per heavy atom. The van der Waals surface area contributed by atoms with E-state index in [9.17, 15) is 19.5 Å². The van der Waals surface area contributed by atoms with Gasteiger partial charge in [0.1, 0.15) is 5.54 Å². The molecule has 0 unspecified atom stereocenters. The maximum atomic E-state index is 13.9. The summed E-state index contributed by atoms with van der Waals surface area (Å²) >= 11 is 1.55. The van der Waals surface area contributed by atoms with E-state index >= 15 is 0 Å². The molecule has 0 saturated carbocycles. The number of hydrogen-bond donors (Lipinski definition) is 2. The number of methoxy groups -OCH3 is 1. The van der Waals surface area contributed by atoms with Crippen molar-refractivity contribution in [1.29, 1.82) is 0 Å². The van der Waals surface area contributed by atoms with Gasteiger partial charge < -0.3 is 14.6 Å². The molecule has 2 saturated heterocycles. The molecule has 2 aromatic carbocycles. The first-order valence-corrected chi connectivity index (χ1v) is 12.9. The van der Waals surface area contributed by atoms with Crippen LogP contribution in [0.2, 0.25) is 0 Å². The zero-order chi connectivity index (χ0) is 25.3. The van der Waals surface area contributed by atoms with Crippen molar-refractivity contribution in [3.63, 3.8) is 0 Å². The summed E-state index contributed by atoms with van der Waals surface area (Å²) in [6.07, 6.45) is 2.24. The van der Waals surface area contributed by atoms with Gasteiger partial charge in [-0.15, -0.1) is 0 Å². The average Bonchev–Trinajstić information content (AvgIpc) is 3.33. The number of fused-ring (bicyclic) bond motifs is 1. The third-order valence-electron chi connectivity index (χ3n) is 6.85. The van der Waals surface area contributed by atoms with E-state index in [4.69, 9.17) is 9.47 Å². The number of carbonyl (C=O) groups is 3. The third-order valence-corrected chi connectivity index (χ3v) is 7.46. The number of hydrogen-bond acceptors (Lipinski definition) is 8. The molecule has 0 bridgehead atoms. The SMILES string of the molecule is CCOC(=O)[C@]1(CCSC)N[C@H](c2ccc(O)c(OC)c2)[C@@H]2C(=O)N(c3ccc(C)cc3)C(=O)[C@@H]21. The average molecular weight is 499 g/mol. The molecule has 2 aromatic rings. The summed E-state index contributed by atoms with van der Waals surface area (Å²) < 4.78 is 10.7.